The standard InChI is InChI=1S/12Mo.H3O4P.37H2O/c;;;;;;;;;;;;1-5(2,3)4;;;;;;;;;;;;;;;;;;;;;;;;;;;;;;;;;;;;;/h;;;;;;;;;;;;(H3,1,2,3,4);37*1H2/p-36. The van der Waals surface area contributed by atoms with Gasteiger partial charge in [-0.3, -0.25) is 0 Å². The van der Waals surface area contributed by atoms with Crippen molar-refractivity contribution in [3.05, 3.63) is 0 Å². The summed E-state index contributed by atoms with van der Waals surface area (Å²) in [5.74, 6) is 0. The third-order valence-electron chi connectivity index (χ3n) is 0. The molecule has 0 aromatic carbocycles. The maximum Gasteiger partial charge on any atom is 0.466 e. The van der Waals surface area contributed by atoms with Gasteiger partial charge in [-0.1, -0.05) is 0 Å². The van der Waals surface area contributed by atoms with Gasteiger partial charge in [-0.2, -0.15) is 0 Å². The van der Waals surface area contributed by atoms with Crippen molar-refractivity contribution in [2.45, 2.75) is 0 Å². The molecule has 0 amide bonds. The predicted octanol–water partition coefficient (Wildman–Crippen LogP) is -8.15. The first-order valence-electron chi connectivity index (χ1n) is 0.783. The third kappa shape index (κ3) is 4160. The van der Waals surface area contributed by atoms with E-state index in [0.29, 0.717) is 0 Å². The number of phosphoric acid groups is 1. The van der Waals surface area contributed by atoms with Crippen LogP contribution >= 0.6 is 7.82 Å². The van der Waals surface area contributed by atoms with Gasteiger partial charge in [0, 0.05) is 253 Å². The summed E-state index contributed by atoms with van der Waals surface area (Å²) in [4.78, 5) is 21.6. The molecule has 0 saturated heterocycles. The summed E-state index contributed by atoms with van der Waals surface area (Å²) in [5, 5.41) is 0. The normalized spacial score (nSPS) is 1.09. The average Bonchev–Trinajstić information content (AvgIpc) is 0.722. The van der Waals surface area contributed by atoms with E-state index in [-0.39, 0.29) is 455 Å². The number of rotatable bonds is 0. The van der Waals surface area contributed by atoms with E-state index in [0.717, 1.165) is 0 Å². The van der Waals surface area contributed by atoms with E-state index >= 15 is 0 Å². The van der Waals surface area contributed by atoms with E-state index in [1.54, 1.807) is 0 Å². The van der Waals surface area contributed by atoms with Crippen LogP contribution in [-0.2, 0) is 257 Å². The first-order valence-corrected chi connectivity index (χ1v) is 2.35. The molecule has 0 spiro atoms. The van der Waals surface area contributed by atoms with Crippen LogP contribution in [0.25, 0.3) is 0 Å². The van der Waals surface area contributed by atoms with Gasteiger partial charge in [0.25, 0.3) is 0 Å². The van der Waals surface area contributed by atoms with Crippen LogP contribution in [-0.4, -0.2) is 217 Å². The molecule has 0 atom stereocenters. The molecule has 0 aliphatic heterocycles. The summed E-state index contributed by atoms with van der Waals surface area (Å²) >= 11 is 0. The van der Waals surface area contributed by atoms with Crippen molar-refractivity contribution >= 4 is 7.82 Å². The molecule has 54 heavy (non-hydrogen) atoms. The van der Waals surface area contributed by atoms with Gasteiger partial charge in [0.2, 0.25) is 0 Å². The second-order valence-electron chi connectivity index (χ2n) is 0.513. The zero-order valence-corrected chi connectivity index (χ0v) is 48.7. The molecular formula is H41Mo12O41P-36. The first kappa shape index (κ1) is 1840. The summed E-state index contributed by atoms with van der Waals surface area (Å²) in [7, 11) is -4.64. The van der Waals surface area contributed by atoms with E-state index in [1.807, 2.05) is 0 Å². The molecule has 0 rings (SSSR count). The number of hydrogen-bond donors (Lipinski definition) is 3. The SMILES string of the molecule is O.O=P(O)(O)O.[Mo].[Mo].[Mo].[Mo].[Mo].[Mo].[Mo].[Mo].[Mo].[Mo].[Mo].[Mo].[OH-].[OH-].[OH-].[OH-].[OH-].[OH-].[OH-].[OH-].[OH-].[OH-].[OH-].[OH-].[OH-].[OH-].[OH-].[OH-].[OH-].[OH-].[OH-].[OH-].[OH-].[OH-].[OH-].[OH-].[OH-].[OH-].[OH-].[OH-].[OH-].[OH-].[OH-].[OH-].[OH-].[OH-].[OH-].[OH-]. The molecule has 54 heteroatoms. The van der Waals surface area contributed by atoms with E-state index in [2.05, 4.69) is 0 Å². The zero-order chi connectivity index (χ0) is 4.50. The minimum absolute atomic E-state index is 0. The smallest absolute Gasteiger partial charge is 0.466 e. The van der Waals surface area contributed by atoms with Crippen LogP contribution in [0.15, 0.2) is 0 Å². The fourth-order valence-electron chi connectivity index (χ4n) is 0. The van der Waals surface area contributed by atoms with Crippen molar-refractivity contribution in [1.29, 1.82) is 0 Å². The molecule has 0 aromatic heterocycles. The summed E-state index contributed by atoms with van der Waals surface area (Å²) in [5.41, 5.74) is 0. The number of hydrogen-bond acceptors (Lipinski definition) is 37. The van der Waals surface area contributed by atoms with Crippen molar-refractivity contribution in [3.63, 3.8) is 0 Å². The van der Waals surface area contributed by atoms with Crippen LogP contribution in [0.3, 0.4) is 0 Å². The van der Waals surface area contributed by atoms with Gasteiger partial charge >= 0.3 is 7.82 Å². The van der Waals surface area contributed by atoms with Crippen molar-refractivity contribution in [3.8, 4) is 0 Å². The van der Waals surface area contributed by atoms with Gasteiger partial charge in [-0.05, 0) is 0 Å². The molecule has 0 fully saturated rings. The average molecular weight is 1880 g/mol. The van der Waals surface area contributed by atoms with Gasteiger partial charge in [0.1, 0.15) is 0 Å². The monoisotopic (exact) mass is 1900 g/mol. The Kier molecular flexibility index (Phi) is 42600. The van der Waals surface area contributed by atoms with Crippen molar-refractivity contribution in [2.24, 2.45) is 0 Å². The minimum Gasteiger partial charge on any atom is -0.870 e. The largest absolute Gasteiger partial charge is 0.870 e. The Labute approximate surface area is 476 Å². The van der Waals surface area contributed by atoms with E-state index in [9.17, 15) is 0 Å². The second-order valence-corrected chi connectivity index (χ2v) is 1.54. The van der Waals surface area contributed by atoms with Crippen molar-refractivity contribution in [1.82, 2.24) is 0 Å². The van der Waals surface area contributed by atoms with E-state index in [1.165, 1.54) is 0 Å². The van der Waals surface area contributed by atoms with Crippen LogP contribution in [0, 0.1) is 0 Å². The zero-order valence-electron chi connectivity index (χ0n) is 23.7. The first-order chi connectivity index (χ1) is 2.00. The predicted molar refractivity (Wildman–Crippen MR) is 87.6 cm³/mol. The molecule has 0 aliphatic rings. The molecule has 0 unspecified atom stereocenters. The Morgan fingerprint density at radius 1 is 0.167 bits per heavy atom. The summed E-state index contributed by atoms with van der Waals surface area (Å²) in [6, 6.07) is 0. The van der Waals surface area contributed by atoms with Crippen molar-refractivity contribution in [2.75, 3.05) is 0 Å². The molecule has 41 N–H and O–H groups in total. The van der Waals surface area contributed by atoms with E-state index < -0.39 is 7.82 Å². The fraction of sp³-hybridized carbons (Fsp3) is 0. The maximum absolute atomic E-state index is 8.88. The molecule has 0 bridgehead atoms. The molecule has 0 aromatic rings. The van der Waals surface area contributed by atoms with E-state index in [4.69, 9.17) is 19.2 Å². The molecule has 400 valence electrons. The Hall–Kier alpha value is 6.89. The molecule has 41 nitrogen and oxygen atoms in total. The summed E-state index contributed by atoms with van der Waals surface area (Å²) < 4.78 is 8.88. The van der Waals surface area contributed by atoms with Gasteiger partial charge in [-0.15, -0.1) is 0 Å². The Morgan fingerprint density at radius 2 is 0.167 bits per heavy atom. The molecule has 0 saturated carbocycles. The summed E-state index contributed by atoms with van der Waals surface area (Å²) in [6.07, 6.45) is 0. The van der Waals surface area contributed by atoms with Crippen LogP contribution < -0.4 is 0 Å². The fourth-order valence-corrected chi connectivity index (χ4v) is 0. The van der Waals surface area contributed by atoms with Crippen LogP contribution in [0.4, 0.5) is 0 Å². The molecule has 0 aliphatic carbocycles. The van der Waals surface area contributed by atoms with Gasteiger partial charge < -0.3 is 217 Å². The van der Waals surface area contributed by atoms with Gasteiger partial charge in [0.05, 0.1) is 0 Å². The maximum atomic E-state index is 8.88. The Morgan fingerprint density at radius 3 is 0.167 bits per heavy atom. The van der Waals surface area contributed by atoms with Gasteiger partial charge in [0.15, 0.2) is 0 Å². The third-order valence-corrected chi connectivity index (χ3v) is 0. The van der Waals surface area contributed by atoms with Crippen LogP contribution in [0.5, 0.6) is 0 Å². The minimum atomic E-state index is -4.64. The van der Waals surface area contributed by atoms with Crippen molar-refractivity contribution < 1.29 is 475 Å². The second kappa shape index (κ2) is 1250. The van der Waals surface area contributed by atoms with Gasteiger partial charge in [-0.25, -0.2) is 4.57 Å². The molecular weight excluding hydrogens is 1840 g/mol. The summed E-state index contributed by atoms with van der Waals surface area (Å²) in [6.45, 7) is 0. The Bertz CT molecular complexity index is 94.3. The Balaban J connectivity index is -0.0000000000680. The quantitative estimate of drug-likeness (QED) is 0.150. The van der Waals surface area contributed by atoms with Crippen LogP contribution in [0.2, 0.25) is 0 Å². The van der Waals surface area contributed by atoms with Crippen LogP contribution in [0.1, 0.15) is 0 Å². The topological polar surface area (TPSA) is 1190 Å². The molecule has 0 radical (unpaired) electrons. The molecule has 0 heterocycles.